The van der Waals surface area contributed by atoms with E-state index in [0.29, 0.717) is 0 Å². The van der Waals surface area contributed by atoms with Gasteiger partial charge in [0.05, 0.1) is 22.1 Å². The Bertz CT molecular complexity index is 1240. The molecule has 0 bridgehead atoms. The second-order valence-electron chi connectivity index (χ2n) is 6.42. The van der Waals surface area contributed by atoms with Crippen molar-refractivity contribution in [1.82, 2.24) is 9.97 Å². The molecule has 2 heteroatoms. The number of rotatable bonds is 1. The zero-order valence-electron chi connectivity index (χ0n) is 13.9. The Kier molecular flexibility index (Phi) is 3.04. The number of aryl methyl sites for hydroxylation is 1. The molecular weight excluding hydrogens is 304 g/mol. The molecule has 2 nitrogen and oxygen atoms in total. The van der Waals surface area contributed by atoms with Crippen molar-refractivity contribution in [2.75, 3.05) is 0 Å². The topological polar surface area (TPSA) is 25.8 Å². The molecule has 0 saturated heterocycles. The quantitative estimate of drug-likeness (QED) is 0.283. The number of para-hydroxylation sites is 2. The summed E-state index contributed by atoms with van der Waals surface area (Å²) >= 11 is 0. The zero-order chi connectivity index (χ0) is 16.8. The number of hydrogen-bond acceptors (Lipinski definition) is 2. The van der Waals surface area contributed by atoms with Crippen LogP contribution in [0.3, 0.4) is 0 Å². The van der Waals surface area contributed by atoms with Crippen molar-refractivity contribution in [2.24, 2.45) is 0 Å². The van der Waals surface area contributed by atoms with Crippen molar-refractivity contribution < 1.29 is 0 Å². The van der Waals surface area contributed by atoms with Crippen LogP contribution >= 0.6 is 0 Å². The highest BCUT2D eigenvalue weighted by Crippen LogP contribution is 2.34. The molecule has 118 valence electrons. The molecule has 1 aromatic heterocycles. The molecule has 0 aliphatic heterocycles. The highest BCUT2D eigenvalue weighted by atomic mass is 14.8. The van der Waals surface area contributed by atoms with E-state index in [2.05, 4.69) is 61.5 Å². The van der Waals surface area contributed by atoms with Gasteiger partial charge < -0.3 is 0 Å². The monoisotopic (exact) mass is 320 g/mol. The van der Waals surface area contributed by atoms with Gasteiger partial charge in [0.25, 0.3) is 0 Å². The van der Waals surface area contributed by atoms with Crippen LogP contribution in [0, 0.1) is 6.92 Å². The summed E-state index contributed by atoms with van der Waals surface area (Å²) in [6.45, 7) is 2.11. The number of fused-ring (bicyclic) bond motifs is 4. The molecule has 0 unspecified atom stereocenters. The van der Waals surface area contributed by atoms with Gasteiger partial charge in [0.15, 0.2) is 0 Å². The normalized spacial score (nSPS) is 11.4. The van der Waals surface area contributed by atoms with Crippen LogP contribution < -0.4 is 0 Å². The fourth-order valence-corrected chi connectivity index (χ4v) is 3.42. The zero-order valence-corrected chi connectivity index (χ0v) is 13.9. The molecule has 0 fully saturated rings. The van der Waals surface area contributed by atoms with Gasteiger partial charge in [-0.25, -0.2) is 9.97 Å². The summed E-state index contributed by atoms with van der Waals surface area (Å²) in [7, 11) is 0. The third-order valence-electron chi connectivity index (χ3n) is 4.71. The van der Waals surface area contributed by atoms with Gasteiger partial charge in [0.1, 0.15) is 0 Å². The van der Waals surface area contributed by atoms with Gasteiger partial charge in [-0.3, -0.25) is 0 Å². The Morgan fingerprint density at radius 2 is 1.24 bits per heavy atom. The van der Waals surface area contributed by atoms with Gasteiger partial charge in [0, 0.05) is 5.39 Å². The summed E-state index contributed by atoms with van der Waals surface area (Å²) in [5.41, 5.74) is 7.44. The Balaban J connectivity index is 1.93. The highest BCUT2D eigenvalue weighted by Gasteiger charge is 2.11. The van der Waals surface area contributed by atoms with Gasteiger partial charge in [0.2, 0.25) is 0 Å². The minimum absolute atomic E-state index is 0.931. The molecule has 0 N–H and O–H groups in total. The number of aromatic nitrogens is 2. The third-order valence-corrected chi connectivity index (χ3v) is 4.71. The van der Waals surface area contributed by atoms with Crippen molar-refractivity contribution >= 4 is 32.8 Å². The summed E-state index contributed by atoms with van der Waals surface area (Å²) in [6, 6.07) is 27.3. The molecule has 0 spiro atoms. The second kappa shape index (κ2) is 5.38. The summed E-state index contributed by atoms with van der Waals surface area (Å²) < 4.78 is 0. The van der Waals surface area contributed by atoms with E-state index in [4.69, 9.17) is 9.97 Å². The van der Waals surface area contributed by atoms with Gasteiger partial charge >= 0.3 is 0 Å². The molecule has 25 heavy (non-hydrogen) atoms. The average molecular weight is 320 g/mol. The van der Waals surface area contributed by atoms with Crippen LogP contribution in [0.15, 0.2) is 78.9 Å². The van der Waals surface area contributed by atoms with Crippen molar-refractivity contribution in [3.8, 4) is 11.1 Å². The Morgan fingerprint density at radius 3 is 2.00 bits per heavy atom. The lowest BCUT2D eigenvalue weighted by atomic mass is 9.96. The molecule has 0 amide bonds. The van der Waals surface area contributed by atoms with E-state index in [1.54, 1.807) is 0 Å². The van der Waals surface area contributed by atoms with Gasteiger partial charge in [-0.2, -0.15) is 0 Å². The smallest absolute Gasteiger partial charge is 0.0973 e. The third kappa shape index (κ3) is 2.26. The highest BCUT2D eigenvalue weighted by molar-refractivity contribution is 6.12. The van der Waals surface area contributed by atoms with Crippen molar-refractivity contribution in [2.45, 2.75) is 6.92 Å². The van der Waals surface area contributed by atoms with Crippen LogP contribution in [0.4, 0.5) is 0 Å². The molecule has 1 heterocycles. The van der Waals surface area contributed by atoms with Crippen LogP contribution in [0.25, 0.3) is 44.0 Å². The predicted molar refractivity (Wildman–Crippen MR) is 105 cm³/mol. The largest absolute Gasteiger partial charge is 0.244 e. The van der Waals surface area contributed by atoms with Crippen LogP contribution in [-0.4, -0.2) is 9.97 Å². The van der Waals surface area contributed by atoms with E-state index in [0.717, 1.165) is 27.5 Å². The minimum atomic E-state index is 0.931. The summed E-state index contributed by atoms with van der Waals surface area (Å²) in [5.74, 6) is 0. The first-order chi connectivity index (χ1) is 12.3. The van der Waals surface area contributed by atoms with Crippen molar-refractivity contribution in [1.29, 1.82) is 0 Å². The van der Waals surface area contributed by atoms with E-state index < -0.39 is 0 Å². The lowest BCUT2D eigenvalue weighted by Gasteiger charge is -2.11. The first kappa shape index (κ1) is 14.1. The van der Waals surface area contributed by atoms with Gasteiger partial charge in [-0.05, 0) is 41.6 Å². The summed E-state index contributed by atoms with van der Waals surface area (Å²) in [5, 5.41) is 2.36. The fraction of sp³-hybridized carbons (Fsp3) is 0.0435. The molecule has 0 saturated carbocycles. The lowest BCUT2D eigenvalue weighted by molar-refractivity contribution is 1.40. The van der Waals surface area contributed by atoms with Crippen LogP contribution in [0.2, 0.25) is 0 Å². The SMILES string of the molecule is Cc1ccc(-c2cc3nc4ccccc4nc3c3ccccc23)cc1. The number of benzene rings is 4. The van der Waals surface area contributed by atoms with Gasteiger partial charge in [-0.1, -0.05) is 66.2 Å². The molecule has 4 aromatic carbocycles. The Hall–Kier alpha value is -3.26. The molecular formula is C23H16N2. The van der Waals surface area contributed by atoms with Gasteiger partial charge in [-0.15, -0.1) is 0 Å². The van der Waals surface area contributed by atoms with E-state index in [9.17, 15) is 0 Å². The van der Waals surface area contributed by atoms with E-state index in [1.165, 1.54) is 22.1 Å². The van der Waals surface area contributed by atoms with Crippen molar-refractivity contribution in [3.63, 3.8) is 0 Å². The first-order valence-corrected chi connectivity index (χ1v) is 8.45. The van der Waals surface area contributed by atoms with E-state index >= 15 is 0 Å². The maximum atomic E-state index is 4.89. The molecule has 0 atom stereocenters. The maximum absolute atomic E-state index is 4.89. The predicted octanol–water partition coefficient (Wildman–Crippen LogP) is 5.91. The average Bonchev–Trinajstić information content (AvgIpc) is 2.67. The Morgan fingerprint density at radius 1 is 0.600 bits per heavy atom. The number of nitrogens with zero attached hydrogens (tertiary/aromatic N) is 2. The lowest BCUT2D eigenvalue weighted by Crippen LogP contribution is -1.91. The fourth-order valence-electron chi connectivity index (χ4n) is 3.42. The summed E-state index contributed by atoms with van der Waals surface area (Å²) in [4.78, 5) is 9.76. The Labute approximate surface area is 145 Å². The van der Waals surface area contributed by atoms with Crippen molar-refractivity contribution in [3.05, 3.63) is 84.4 Å². The summed E-state index contributed by atoms with van der Waals surface area (Å²) in [6.07, 6.45) is 0. The second-order valence-corrected chi connectivity index (χ2v) is 6.42. The maximum Gasteiger partial charge on any atom is 0.0973 e. The molecule has 5 aromatic rings. The standard InChI is InChI=1S/C23H16N2/c1-15-10-12-16(13-11-15)19-14-22-23(18-7-3-2-6-17(18)19)25-21-9-5-4-8-20(21)24-22/h2-14H,1H3. The van der Waals surface area contributed by atoms with Crippen LogP contribution in [0.1, 0.15) is 5.56 Å². The van der Waals surface area contributed by atoms with Crippen LogP contribution in [-0.2, 0) is 0 Å². The molecule has 0 aliphatic rings. The molecule has 0 aliphatic carbocycles. The molecule has 5 rings (SSSR count). The number of hydrogen-bond donors (Lipinski definition) is 0. The van der Waals surface area contributed by atoms with E-state index in [1.807, 2.05) is 24.3 Å². The van der Waals surface area contributed by atoms with Crippen LogP contribution in [0.5, 0.6) is 0 Å². The first-order valence-electron chi connectivity index (χ1n) is 8.45. The molecule has 0 radical (unpaired) electrons. The minimum Gasteiger partial charge on any atom is -0.244 e. The van der Waals surface area contributed by atoms with E-state index in [-0.39, 0.29) is 0 Å².